The number of fused-ring (bicyclic) bond motifs is 1. The van der Waals surface area contributed by atoms with Gasteiger partial charge < -0.3 is 19.8 Å². The molecule has 4 rings (SSSR count). The number of carbonyl (C=O) groups is 1. The molecule has 0 saturated carbocycles. The van der Waals surface area contributed by atoms with Gasteiger partial charge in [0.05, 0.1) is 33.6 Å². The van der Waals surface area contributed by atoms with Crippen molar-refractivity contribution in [3.8, 4) is 11.5 Å². The van der Waals surface area contributed by atoms with E-state index in [-0.39, 0.29) is 6.10 Å². The van der Waals surface area contributed by atoms with Crippen LogP contribution in [0.4, 0.5) is 16.2 Å². The molecule has 0 aliphatic carbocycles. The number of hydrogen-bond donors (Lipinski definition) is 2. The highest BCUT2D eigenvalue weighted by Crippen LogP contribution is 2.34. The number of rotatable bonds is 5. The normalized spacial score (nSPS) is 12.1. The predicted molar refractivity (Wildman–Crippen MR) is 115 cm³/mol. The van der Waals surface area contributed by atoms with E-state index in [9.17, 15) is 4.79 Å². The first-order valence-corrected chi connectivity index (χ1v) is 10.1. The Morgan fingerprint density at radius 2 is 2.17 bits per heavy atom. The lowest BCUT2D eigenvalue weighted by Gasteiger charge is -2.16. The Hall–Kier alpha value is -3.08. The molecule has 0 aliphatic rings. The summed E-state index contributed by atoms with van der Waals surface area (Å²) in [6.07, 6.45) is 2.55. The summed E-state index contributed by atoms with van der Waals surface area (Å²) in [5.41, 5.74) is 3.09. The van der Waals surface area contributed by atoms with Crippen LogP contribution in [0, 0.1) is 6.92 Å². The molecule has 1 aromatic carbocycles. The summed E-state index contributed by atoms with van der Waals surface area (Å²) in [6.45, 7) is 3.80. The number of aryl methyl sites for hydroxylation is 1. The first-order valence-electron chi connectivity index (χ1n) is 8.89. The van der Waals surface area contributed by atoms with Crippen molar-refractivity contribution < 1.29 is 13.9 Å². The van der Waals surface area contributed by atoms with E-state index in [1.54, 1.807) is 31.5 Å². The molecule has 3 heterocycles. The highest BCUT2D eigenvalue weighted by Gasteiger charge is 2.20. The molecule has 0 bridgehead atoms. The fourth-order valence-corrected chi connectivity index (χ4v) is 4.01. The number of aromatic nitrogens is 4. The number of anilines is 2. The van der Waals surface area contributed by atoms with Crippen LogP contribution in [-0.4, -0.2) is 33.3 Å². The fourth-order valence-electron chi connectivity index (χ4n) is 2.97. The van der Waals surface area contributed by atoms with Gasteiger partial charge in [0.2, 0.25) is 12.3 Å². The van der Waals surface area contributed by atoms with Crippen molar-refractivity contribution in [2.24, 2.45) is 0 Å². The predicted octanol–water partition coefficient (Wildman–Crippen LogP) is 5.05. The summed E-state index contributed by atoms with van der Waals surface area (Å²) < 4.78 is 10.6. The smallest absolute Gasteiger partial charge is 0.323 e. The Morgan fingerprint density at radius 1 is 1.33 bits per heavy atom. The summed E-state index contributed by atoms with van der Waals surface area (Å²) in [5, 5.41) is 14.3. The van der Waals surface area contributed by atoms with Gasteiger partial charge in [-0.3, -0.25) is 0 Å². The third-order valence-corrected chi connectivity index (χ3v) is 5.59. The van der Waals surface area contributed by atoms with Gasteiger partial charge >= 0.3 is 6.03 Å². The van der Waals surface area contributed by atoms with E-state index >= 15 is 0 Å². The number of benzene rings is 1. The molecule has 0 fully saturated rings. The molecule has 2 amide bonds. The molecule has 11 heteroatoms. The second kappa shape index (κ2) is 8.34. The topological polar surface area (TPSA) is 115 Å². The van der Waals surface area contributed by atoms with Crippen molar-refractivity contribution in [3.05, 3.63) is 46.4 Å². The van der Waals surface area contributed by atoms with Crippen LogP contribution in [-0.2, 0) is 4.74 Å². The zero-order valence-electron chi connectivity index (χ0n) is 16.3. The van der Waals surface area contributed by atoms with E-state index < -0.39 is 6.03 Å². The van der Waals surface area contributed by atoms with Crippen molar-refractivity contribution in [3.63, 3.8) is 0 Å². The van der Waals surface area contributed by atoms with Crippen molar-refractivity contribution in [1.29, 1.82) is 0 Å². The summed E-state index contributed by atoms with van der Waals surface area (Å²) in [6, 6.07) is 4.53. The van der Waals surface area contributed by atoms with Crippen LogP contribution in [0.5, 0.6) is 0 Å². The molecule has 3 aromatic heterocycles. The minimum atomic E-state index is -0.450. The van der Waals surface area contributed by atoms with E-state index in [0.717, 1.165) is 20.9 Å². The summed E-state index contributed by atoms with van der Waals surface area (Å²) in [5.74, 6) is 0.298. The molecule has 0 aliphatic heterocycles. The van der Waals surface area contributed by atoms with Crippen LogP contribution in [0.3, 0.4) is 0 Å². The van der Waals surface area contributed by atoms with Crippen LogP contribution in [0.15, 0.2) is 35.2 Å². The number of pyridine rings is 1. The monoisotopic (exact) mass is 444 g/mol. The molecule has 154 valence electrons. The van der Waals surface area contributed by atoms with Crippen LogP contribution in [0.1, 0.15) is 23.6 Å². The van der Waals surface area contributed by atoms with E-state index in [0.29, 0.717) is 27.9 Å². The standard InChI is InChI=1S/C19H17ClN6O3S/c1-9(28-3)15-14(7-21-18-16(15)23-10(2)30-18)25-19(27)24-11-4-5-12(13(20)6-11)17-26-22-8-29-17/h4-9H,1-3H3,(H2,24,25,27)/t9-/m1/s1. The molecule has 0 unspecified atom stereocenters. The Morgan fingerprint density at radius 3 is 2.87 bits per heavy atom. The fraction of sp³-hybridized carbons (Fsp3) is 0.211. The lowest BCUT2D eigenvalue weighted by atomic mass is 10.1. The van der Waals surface area contributed by atoms with Gasteiger partial charge in [0.1, 0.15) is 10.3 Å². The zero-order valence-corrected chi connectivity index (χ0v) is 17.8. The molecule has 0 saturated heterocycles. The maximum atomic E-state index is 12.6. The van der Waals surface area contributed by atoms with Crippen LogP contribution in [0.25, 0.3) is 21.8 Å². The molecule has 2 N–H and O–H groups in total. The van der Waals surface area contributed by atoms with Gasteiger partial charge in [-0.05, 0) is 32.0 Å². The maximum Gasteiger partial charge on any atom is 0.323 e. The van der Waals surface area contributed by atoms with E-state index in [2.05, 4.69) is 30.8 Å². The number of urea groups is 1. The van der Waals surface area contributed by atoms with Crippen molar-refractivity contribution >= 4 is 50.7 Å². The number of carbonyl (C=O) groups excluding carboxylic acids is 1. The van der Waals surface area contributed by atoms with Gasteiger partial charge in [-0.25, -0.2) is 14.8 Å². The van der Waals surface area contributed by atoms with E-state index in [1.807, 2.05) is 13.8 Å². The Labute approximate surface area is 180 Å². The van der Waals surface area contributed by atoms with Crippen LogP contribution < -0.4 is 10.6 Å². The second-order valence-electron chi connectivity index (χ2n) is 6.37. The number of thiazole rings is 1. The Bertz CT molecular complexity index is 1210. The number of nitrogens with one attached hydrogen (secondary N) is 2. The number of nitrogens with zero attached hydrogens (tertiary/aromatic N) is 4. The molecular formula is C19H17ClN6O3S. The van der Waals surface area contributed by atoms with E-state index in [1.165, 1.54) is 17.7 Å². The largest absolute Gasteiger partial charge is 0.423 e. The molecule has 9 nitrogen and oxygen atoms in total. The third-order valence-electron chi connectivity index (χ3n) is 4.40. The SMILES string of the molecule is CO[C@H](C)c1c(NC(=O)Nc2ccc(-c3nnco3)c(Cl)c2)cnc2sc(C)nc12. The van der Waals surface area contributed by atoms with Gasteiger partial charge in [0.15, 0.2) is 0 Å². The van der Waals surface area contributed by atoms with Gasteiger partial charge in [-0.15, -0.1) is 10.2 Å². The Balaban J connectivity index is 1.57. The number of hydrogen-bond acceptors (Lipinski definition) is 8. The first-order chi connectivity index (χ1) is 14.5. The summed E-state index contributed by atoms with van der Waals surface area (Å²) in [7, 11) is 1.60. The third kappa shape index (κ3) is 3.97. The highest BCUT2D eigenvalue weighted by atomic mass is 35.5. The van der Waals surface area contributed by atoms with Gasteiger partial charge in [-0.1, -0.05) is 22.9 Å². The number of ether oxygens (including phenoxy) is 1. The van der Waals surface area contributed by atoms with Gasteiger partial charge in [-0.2, -0.15) is 0 Å². The minimum Gasteiger partial charge on any atom is -0.423 e. The van der Waals surface area contributed by atoms with E-state index in [4.69, 9.17) is 20.8 Å². The molecule has 1 atom stereocenters. The number of methoxy groups -OCH3 is 1. The second-order valence-corrected chi connectivity index (χ2v) is 7.96. The minimum absolute atomic E-state index is 0.282. The number of amides is 2. The lowest BCUT2D eigenvalue weighted by molar-refractivity contribution is 0.121. The van der Waals surface area contributed by atoms with Crippen molar-refractivity contribution in [2.45, 2.75) is 20.0 Å². The van der Waals surface area contributed by atoms with Crippen molar-refractivity contribution in [1.82, 2.24) is 20.2 Å². The molecule has 4 aromatic rings. The van der Waals surface area contributed by atoms with Crippen molar-refractivity contribution in [2.75, 3.05) is 17.7 Å². The molecule has 30 heavy (non-hydrogen) atoms. The Kier molecular flexibility index (Phi) is 5.62. The van der Waals surface area contributed by atoms with Gasteiger partial charge in [0.25, 0.3) is 0 Å². The van der Waals surface area contributed by atoms with Gasteiger partial charge in [0, 0.05) is 18.4 Å². The zero-order chi connectivity index (χ0) is 21.3. The average Bonchev–Trinajstić information content (AvgIpc) is 3.36. The quantitative estimate of drug-likeness (QED) is 0.442. The summed E-state index contributed by atoms with van der Waals surface area (Å²) in [4.78, 5) is 22.4. The van der Waals surface area contributed by atoms with Crippen LogP contribution >= 0.6 is 22.9 Å². The average molecular weight is 445 g/mol. The maximum absolute atomic E-state index is 12.6. The molecule has 0 spiro atoms. The lowest BCUT2D eigenvalue weighted by Crippen LogP contribution is -2.21. The summed E-state index contributed by atoms with van der Waals surface area (Å²) >= 11 is 7.77. The van der Waals surface area contributed by atoms with Crippen LogP contribution in [0.2, 0.25) is 5.02 Å². The highest BCUT2D eigenvalue weighted by molar-refractivity contribution is 7.18. The number of halogens is 1. The molecule has 0 radical (unpaired) electrons. The first kappa shape index (κ1) is 20.2. The molecular weight excluding hydrogens is 428 g/mol.